The van der Waals surface area contributed by atoms with E-state index in [1.54, 1.807) is 17.4 Å². The van der Waals surface area contributed by atoms with E-state index in [-0.39, 0.29) is 24.2 Å². The molecule has 0 aliphatic carbocycles. The number of aromatic nitrogens is 1. The average molecular weight is 389 g/mol. The van der Waals surface area contributed by atoms with Crippen LogP contribution in [0.25, 0.3) is 11.5 Å². The Labute approximate surface area is 169 Å². The highest BCUT2D eigenvalue weighted by Crippen LogP contribution is 2.27. The fourth-order valence-electron chi connectivity index (χ4n) is 3.46. The molecule has 1 fully saturated rings. The van der Waals surface area contributed by atoms with Crippen molar-refractivity contribution < 1.29 is 14.0 Å². The number of nitrogens with zero attached hydrogens (tertiary/aromatic N) is 2. The molecular weight excluding hydrogens is 366 g/mol. The van der Waals surface area contributed by atoms with Crippen molar-refractivity contribution in [2.75, 3.05) is 11.4 Å². The number of nitrogens with one attached hydrogen (secondary N) is 1. The molecule has 29 heavy (non-hydrogen) atoms. The van der Waals surface area contributed by atoms with Crippen molar-refractivity contribution in [2.24, 2.45) is 5.92 Å². The minimum Gasteiger partial charge on any atom is -0.463 e. The smallest absolute Gasteiger partial charge is 0.227 e. The lowest BCUT2D eigenvalue weighted by atomic mass is 10.1. The summed E-state index contributed by atoms with van der Waals surface area (Å²) in [6.07, 6.45) is 3.56. The number of furan rings is 1. The second-order valence-corrected chi connectivity index (χ2v) is 7.42. The summed E-state index contributed by atoms with van der Waals surface area (Å²) in [6.45, 7) is 4.84. The molecule has 4 rings (SSSR count). The van der Waals surface area contributed by atoms with Crippen molar-refractivity contribution >= 4 is 17.5 Å². The predicted octanol–water partition coefficient (Wildman–Crippen LogP) is 3.63. The molecule has 148 valence electrons. The summed E-state index contributed by atoms with van der Waals surface area (Å²) in [7, 11) is 0. The molecule has 3 heterocycles. The first-order valence-corrected chi connectivity index (χ1v) is 9.65. The summed E-state index contributed by atoms with van der Waals surface area (Å²) in [5, 5.41) is 2.93. The van der Waals surface area contributed by atoms with Crippen LogP contribution >= 0.6 is 0 Å². The van der Waals surface area contributed by atoms with E-state index in [1.165, 1.54) is 5.56 Å². The van der Waals surface area contributed by atoms with Crippen LogP contribution in [-0.2, 0) is 16.1 Å². The second-order valence-electron chi connectivity index (χ2n) is 7.42. The Bertz CT molecular complexity index is 1030. The largest absolute Gasteiger partial charge is 0.463 e. The van der Waals surface area contributed by atoms with Gasteiger partial charge < -0.3 is 14.6 Å². The minimum absolute atomic E-state index is 0.0159. The zero-order valence-electron chi connectivity index (χ0n) is 16.5. The van der Waals surface area contributed by atoms with Crippen LogP contribution in [0.4, 0.5) is 5.69 Å². The van der Waals surface area contributed by atoms with Crippen molar-refractivity contribution in [2.45, 2.75) is 26.8 Å². The third kappa shape index (κ3) is 4.06. The van der Waals surface area contributed by atoms with Gasteiger partial charge in [0.1, 0.15) is 5.69 Å². The van der Waals surface area contributed by atoms with Gasteiger partial charge in [0.25, 0.3) is 0 Å². The van der Waals surface area contributed by atoms with E-state index < -0.39 is 0 Å². The van der Waals surface area contributed by atoms with Crippen molar-refractivity contribution in [1.29, 1.82) is 0 Å². The highest BCUT2D eigenvalue weighted by Gasteiger charge is 2.35. The van der Waals surface area contributed by atoms with Gasteiger partial charge in [0.05, 0.1) is 12.2 Å². The van der Waals surface area contributed by atoms with Gasteiger partial charge in [0.15, 0.2) is 5.76 Å². The molecule has 1 unspecified atom stereocenters. The molecule has 0 spiro atoms. The Kier molecular flexibility index (Phi) is 5.16. The van der Waals surface area contributed by atoms with Crippen LogP contribution in [0.2, 0.25) is 0 Å². The second kappa shape index (κ2) is 7.91. The molecule has 1 aliphatic heterocycles. The van der Waals surface area contributed by atoms with Crippen LogP contribution in [0.15, 0.2) is 59.3 Å². The van der Waals surface area contributed by atoms with Gasteiger partial charge in [-0.2, -0.15) is 0 Å². The molecule has 1 saturated heterocycles. The van der Waals surface area contributed by atoms with E-state index in [1.807, 2.05) is 56.3 Å². The topological polar surface area (TPSA) is 75.4 Å². The molecule has 2 aromatic heterocycles. The van der Waals surface area contributed by atoms with Crippen molar-refractivity contribution in [3.63, 3.8) is 0 Å². The number of hydrogen-bond donors (Lipinski definition) is 1. The molecule has 2 amide bonds. The lowest BCUT2D eigenvalue weighted by molar-refractivity contribution is -0.126. The SMILES string of the molecule is Cc1ccc(N2CC(C(=O)NCc3ccc(-c4ccco4)nc3)CC2=O)cc1C. The normalized spacial score (nSPS) is 16.3. The number of carbonyl (C=O) groups is 2. The average Bonchev–Trinajstić information content (AvgIpc) is 3.39. The fraction of sp³-hybridized carbons (Fsp3) is 0.261. The predicted molar refractivity (Wildman–Crippen MR) is 110 cm³/mol. The van der Waals surface area contributed by atoms with Gasteiger partial charge >= 0.3 is 0 Å². The molecule has 3 aromatic rings. The van der Waals surface area contributed by atoms with Crippen molar-refractivity contribution in [3.8, 4) is 11.5 Å². The molecule has 1 atom stereocenters. The molecule has 1 aromatic carbocycles. The standard InChI is InChI=1S/C23H23N3O3/c1-15-5-7-19(10-16(15)2)26-14-18(11-22(26)27)23(28)25-13-17-6-8-20(24-12-17)21-4-3-9-29-21/h3-10,12,18H,11,13-14H2,1-2H3,(H,25,28). The number of carbonyl (C=O) groups excluding carboxylic acids is 2. The summed E-state index contributed by atoms with van der Waals surface area (Å²) in [6, 6.07) is 13.4. The number of aryl methyl sites for hydroxylation is 2. The summed E-state index contributed by atoms with van der Waals surface area (Å²) >= 11 is 0. The third-order valence-electron chi connectivity index (χ3n) is 5.36. The van der Waals surface area contributed by atoms with Crippen LogP contribution in [0.5, 0.6) is 0 Å². The van der Waals surface area contributed by atoms with Crippen LogP contribution in [-0.4, -0.2) is 23.3 Å². The van der Waals surface area contributed by atoms with Gasteiger partial charge in [-0.25, -0.2) is 0 Å². The first kappa shape index (κ1) is 18.9. The van der Waals surface area contributed by atoms with Crippen LogP contribution in [0, 0.1) is 19.8 Å². The maximum absolute atomic E-state index is 12.6. The van der Waals surface area contributed by atoms with Gasteiger partial charge in [-0.1, -0.05) is 12.1 Å². The van der Waals surface area contributed by atoms with Crippen LogP contribution in [0.3, 0.4) is 0 Å². The number of anilines is 1. The molecule has 1 N–H and O–H groups in total. The molecule has 6 nitrogen and oxygen atoms in total. The van der Waals surface area contributed by atoms with Gasteiger partial charge in [0, 0.05) is 31.4 Å². The number of amides is 2. The monoisotopic (exact) mass is 389 g/mol. The van der Waals surface area contributed by atoms with Crippen LogP contribution < -0.4 is 10.2 Å². The summed E-state index contributed by atoms with van der Waals surface area (Å²) in [5.74, 6) is 0.230. The third-order valence-corrected chi connectivity index (χ3v) is 5.36. The van der Waals surface area contributed by atoms with E-state index in [2.05, 4.69) is 10.3 Å². The molecule has 0 radical (unpaired) electrons. The van der Waals surface area contributed by atoms with E-state index in [0.29, 0.717) is 18.8 Å². The molecule has 1 aliphatic rings. The first-order valence-electron chi connectivity index (χ1n) is 9.65. The minimum atomic E-state index is -0.348. The number of rotatable bonds is 5. The van der Waals surface area contributed by atoms with E-state index in [4.69, 9.17) is 4.42 Å². The first-order chi connectivity index (χ1) is 14.0. The summed E-state index contributed by atoms with van der Waals surface area (Å²) in [4.78, 5) is 31.1. The maximum atomic E-state index is 12.6. The highest BCUT2D eigenvalue weighted by atomic mass is 16.3. The zero-order chi connectivity index (χ0) is 20.4. The van der Waals surface area contributed by atoms with Gasteiger partial charge in [-0.3, -0.25) is 14.6 Å². The highest BCUT2D eigenvalue weighted by molar-refractivity contribution is 6.00. The van der Waals surface area contributed by atoms with Crippen molar-refractivity contribution in [3.05, 3.63) is 71.6 Å². The number of pyridine rings is 1. The summed E-state index contributed by atoms with van der Waals surface area (Å²) in [5.41, 5.74) is 4.81. The van der Waals surface area contributed by atoms with E-state index >= 15 is 0 Å². The fourth-order valence-corrected chi connectivity index (χ4v) is 3.46. The number of benzene rings is 1. The quantitative estimate of drug-likeness (QED) is 0.723. The van der Waals surface area contributed by atoms with Gasteiger partial charge in [-0.05, 0) is 60.9 Å². The maximum Gasteiger partial charge on any atom is 0.227 e. The van der Waals surface area contributed by atoms with Gasteiger partial charge in [-0.15, -0.1) is 0 Å². The van der Waals surface area contributed by atoms with Crippen molar-refractivity contribution in [1.82, 2.24) is 10.3 Å². The molecule has 6 heteroatoms. The Morgan fingerprint density at radius 3 is 2.76 bits per heavy atom. The zero-order valence-corrected chi connectivity index (χ0v) is 16.5. The lowest BCUT2D eigenvalue weighted by Gasteiger charge is -2.18. The van der Waals surface area contributed by atoms with Crippen LogP contribution in [0.1, 0.15) is 23.1 Å². The van der Waals surface area contributed by atoms with E-state index in [0.717, 1.165) is 22.5 Å². The Hall–Kier alpha value is -3.41. The number of hydrogen-bond acceptors (Lipinski definition) is 4. The molecule has 0 bridgehead atoms. The van der Waals surface area contributed by atoms with E-state index in [9.17, 15) is 9.59 Å². The Morgan fingerprint density at radius 2 is 2.07 bits per heavy atom. The Balaban J connectivity index is 1.35. The molecular formula is C23H23N3O3. The van der Waals surface area contributed by atoms with Gasteiger partial charge in [0.2, 0.25) is 11.8 Å². The summed E-state index contributed by atoms with van der Waals surface area (Å²) < 4.78 is 5.33. The lowest BCUT2D eigenvalue weighted by Crippen LogP contribution is -2.32. The molecule has 0 saturated carbocycles. The Morgan fingerprint density at radius 1 is 1.21 bits per heavy atom.